The van der Waals surface area contributed by atoms with Crippen LogP contribution >= 0.6 is 23.8 Å². The summed E-state index contributed by atoms with van der Waals surface area (Å²) >= 11 is 12.5. The summed E-state index contributed by atoms with van der Waals surface area (Å²) < 4.78 is 2.18. The van der Waals surface area contributed by atoms with Gasteiger partial charge in [-0.2, -0.15) is 0 Å². The Bertz CT molecular complexity index is 1430. The van der Waals surface area contributed by atoms with Crippen molar-refractivity contribution in [3.8, 4) is 5.69 Å². The van der Waals surface area contributed by atoms with Crippen molar-refractivity contribution in [1.29, 1.82) is 0 Å². The molecule has 188 valence electrons. The molecule has 0 saturated carbocycles. The Hall–Kier alpha value is -3.68. The summed E-state index contributed by atoms with van der Waals surface area (Å²) in [7, 11) is 0. The molecule has 0 aliphatic carbocycles. The van der Waals surface area contributed by atoms with Crippen LogP contribution in [0.3, 0.4) is 0 Å². The fourth-order valence-electron chi connectivity index (χ4n) is 4.54. The van der Waals surface area contributed by atoms with Gasteiger partial charge in [-0.3, -0.25) is 9.78 Å². The number of rotatable bonds is 6. The number of nitrogens with zero attached hydrogens (tertiary/aromatic N) is 3. The SMILES string of the molecule is Cc1ccc(-n2cccc2[C@H]2[C@@H](c3ccccn3)NC(=S)N2c2ccc(NC(=O)C(C)C)c(Cl)c2)cc1. The van der Waals surface area contributed by atoms with Gasteiger partial charge in [0.05, 0.1) is 22.4 Å². The van der Waals surface area contributed by atoms with Gasteiger partial charge in [0.1, 0.15) is 6.04 Å². The third-order valence-electron chi connectivity index (χ3n) is 6.51. The van der Waals surface area contributed by atoms with Crippen LogP contribution in [0.5, 0.6) is 0 Å². The van der Waals surface area contributed by atoms with E-state index in [0.717, 1.165) is 22.8 Å². The average Bonchev–Trinajstić information content (AvgIpc) is 3.50. The normalized spacial score (nSPS) is 17.2. The van der Waals surface area contributed by atoms with Gasteiger partial charge in [0.2, 0.25) is 5.91 Å². The number of aromatic nitrogens is 2. The third-order valence-corrected chi connectivity index (χ3v) is 7.13. The van der Waals surface area contributed by atoms with Gasteiger partial charge >= 0.3 is 0 Å². The number of carbonyl (C=O) groups is 1. The van der Waals surface area contributed by atoms with Crippen LogP contribution in [0.2, 0.25) is 5.02 Å². The van der Waals surface area contributed by atoms with E-state index in [9.17, 15) is 4.79 Å². The number of thiocarbonyl (C=S) groups is 1. The summed E-state index contributed by atoms with van der Waals surface area (Å²) in [5.74, 6) is -0.235. The summed E-state index contributed by atoms with van der Waals surface area (Å²) in [4.78, 5) is 19.0. The molecular formula is C29H28ClN5OS. The predicted octanol–water partition coefficient (Wildman–Crippen LogP) is 6.61. The van der Waals surface area contributed by atoms with Crippen molar-refractivity contribution in [3.05, 3.63) is 107 Å². The van der Waals surface area contributed by atoms with Crippen molar-refractivity contribution >= 4 is 46.2 Å². The van der Waals surface area contributed by atoms with Crippen molar-refractivity contribution in [1.82, 2.24) is 14.9 Å². The molecule has 4 aromatic rings. The second-order valence-corrected chi connectivity index (χ2v) is 10.2. The van der Waals surface area contributed by atoms with Crippen LogP contribution in [0.25, 0.3) is 5.69 Å². The molecule has 8 heteroatoms. The topological polar surface area (TPSA) is 62.2 Å². The standard InChI is InChI=1S/C29H28ClN5OS/c1-18(2)28(36)32-23-14-13-21(17-22(23)30)35-27(26(33-29(35)37)24-7-4-5-15-31-24)25-8-6-16-34(25)20-11-9-19(3)10-12-20/h4-18,26-27H,1-3H3,(H,32,36)(H,33,37)/t26-,27+/m1/s1. The summed E-state index contributed by atoms with van der Waals surface area (Å²) in [6.45, 7) is 5.77. The summed E-state index contributed by atoms with van der Waals surface area (Å²) in [6, 6.07) is 23.7. The molecule has 0 bridgehead atoms. The molecule has 2 aromatic heterocycles. The lowest BCUT2D eigenvalue weighted by Crippen LogP contribution is -2.30. The molecule has 1 aliphatic heterocycles. The van der Waals surface area contributed by atoms with Gasteiger partial charge in [-0.1, -0.05) is 49.2 Å². The number of benzene rings is 2. The zero-order valence-electron chi connectivity index (χ0n) is 20.9. The highest BCUT2D eigenvalue weighted by Crippen LogP contribution is 2.43. The summed E-state index contributed by atoms with van der Waals surface area (Å²) in [6.07, 6.45) is 3.86. The van der Waals surface area contributed by atoms with Gasteiger partial charge in [-0.25, -0.2) is 0 Å². The first-order chi connectivity index (χ1) is 17.8. The summed E-state index contributed by atoms with van der Waals surface area (Å²) in [5, 5.41) is 7.41. The molecule has 2 N–H and O–H groups in total. The first-order valence-electron chi connectivity index (χ1n) is 12.2. The van der Waals surface area contributed by atoms with E-state index in [1.165, 1.54) is 5.56 Å². The van der Waals surface area contributed by atoms with E-state index in [-0.39, 0.29) is 23.9 Å². The van der Waals surface area contributed by atoms with E-state index in [2.05, 4.69) is 68.5 Å². The number of amides is 1. The maximum Gasteiger partial charge on any atom is 0.226 e. The number of hydrogen-bond donors (Lipinski definition) is 2. The fraction of sp³-hybridized carbons (Fsp3) is 0.207. The molecule has 6 nitrogen and oxygen atoms in total. The molecule has 0 unspecified atom stereocenters. The Morgan fingerprint density at radius 2 is 1.81 bits per heavy atom. The van der Waals surface area contributed by atoms with E-state index in [1.807, 2.05) is 56.3 Å². The molecule has 1 saturated heterocycles. The molecule has 3 heterocycles. The lowest BCUT2D eigenvalue weighted by Gasteiger charge is -2.29. The zero-order valence-corrected chi connectivity index (χ0v) is 22.4. The van der Waals surface area contributed by atoms with Crippen LogP contribution in [0.4, 0.5) is 11.4 Å². The predicted molar refractivity (Wildman–Crippen MR) is 153 cm³/mol. The van der Waals surface area contributed by atoms with Crippen molar-refractivity contribution < 1.29 is 4.79 Å². The van der Waals surface area contributed by atoms with Gasteiger partial charge in [-0.05, 0) is 73.7 Å². The number of pyridine rings is 1. The first kappa shape index (κ1) is 25.0. The van der Waals surface area contributed by atoms with E-state index in [1.54, 1.807) is 6.20 Å². The second-order valence-electron chi connectivity index (χ2n) is 9.44. The Balaban J connectivity index is 1.59. The van der Waals surface area contributed by atoms with Crippen LogP contribution in [0.15, 0.2) is 85.2 Å². The van der Waals surface area contributed by atoms with E-state index < -0.39 is 0 Å². The largest absolute Gasteiger partial charge is 0.351 e. The number of carbonyl (C=O) groups excluding carboxylic acids is 1. The fourth-order valence-corrected chi connectivity index (χ4v) is 5.11. The van der Waals surface area contributed by atoms with Crippen LogP contribution in [0, 0.1) is 12.8 Å². The molecule has 2 atom stereocenters. The molecule has 2 aromatic carbocycles. The molecular weight excluding hydrogens is 502 g/mol. The Morgan fingerprint density at radius 3 is 2.49 bits per heavy atom. The van der Waals surface area contributed by atoms with Gasteiger partial charge in [0.25, 0.3) is 0 Å². The molecule has 1 aliphatic rings. The van der Waals surface area contributed by atoms with Crippen LogP contribution in [-0.4, -0.2) is 20.6 Å². The van der Waals surface area contributed by atoms with Crippen molar-refractivity contribution in [2.75, 3.05) is 10.2 Å². The number of aryl methyl sites for hydroxylation is 1. The lowest BCUT2D eigenvalue weighted by atomic mass is 10.0. The number of anilines is 2. The van der Waals surface area contributed by atoms with Crippen molar-refractivity contribution in [2.24, 2.45) is 5.92 Å². The highest BCUT2D eigenvalue weighted by Gasteiger charge is 2.42. The zero-order chi connectivity index (χ0) is 26.1. The number of halogens is 1. The first-order valence-corrected chi connectivity index (χ1v) is 13.0. The highest BCUT2D eigenvalue weighted by molar-refractivity contribution is 7.80. The second kappa shape index (κ2) is 10.4. The van der Waals surface area contributed by atoms with E-state index in [0.29, 0.717) is 15.8 Å². The molecule has 0 radical (unpaired) electrons. The minimum atomic E-state index is -0.203. The number of hydrogen-bond acceptors (Lipinski definition) is 3. The minimum Gasteiger partial charge on any atom is -0.351 e. The lowest BCUT2D eigenvalue weighted by molar-refractivity contribution is -0.118. The maximum atomic E-state index is 12.2. The molecule has 5 rings (SSSR count). The quantitative estimate of drug-likeness (QED) is 0.275. The minimum absolute atomic E-state index is 0.0861. The van der Waals surface area contributed by atoms with E-state index >= 15 is 0 Å². The van der Waals surface area contributed by atoms with Crippen LogP contribution in [0.1, 0.15) is 42.9 Å². The van der Waals surface area contributed by atoms with Gasteiger partial charge in [0, 0.05) is 35.4 Å². The number of nitrogens with one attached hydrogen (secondary N) is 2. The van der Waals surface area contributed by atoms with Gasteiger partial charge in [-0.15, -0.1) is 0 Å². The molecule has 0 spiro atoms. The Morgan fingerprint density at radius 1 is 1.05 bits per heavy atom. The molecule has 1 amide bonds. The van der Waals surface area contributed by atoms with Crippen LogP contribution in [-0.2, 0) is 4.79 Å². The highest BCUT2D eigenvalue weighted by atomic mass is 35.5. The van der Waals surface area contributed by atoms with Gasteiger partial charge < -0.3 is 20.1 Å². The van der Waals surface area contributed by atoms with Crippen molar-refractivity contribution in [2.45, 2.75) is 32.9 Å². The van der Waals surface area contributed by atoms with Crippen LogP contribution < -0.4 is 15.5 Å². The van der Waals surface area contributed by atoms with Gasteiger partial charge in [0.15, 0.2) is 5.11 Å². The Kier molecular flexibility index (Phi) is 7.00. The molecule has 37 heavy (non-hydrogen) atoms. The third kappa shape index (κ3) is 4.97. The molecule has 1 fully saturated rings. The average molecular weight is 530 g/mol. The van der Waals surface area contributed by atoms with Crippen molar-refractivity contribution in [3.63, 3.8) is 0 Å². The Labute approximate surface area is 227 Å². The van der Waals surface area contributed by atoms with E-state index in [4.69, 9.17) is 23.8 Å². The maximum absolute atomic E-state index is 12.2. The monoisotopic (exact) mass is 529 g/mol. The summed E-state index contributed by atoms with van der Waals surface area (Å²) in [5.41, 5.74) is 5.61. The smallest absolute Gasteiger partial charge is 0.226 e.